The van der Waals surface area contributed by atoms with Crippen LogP contribution in [0.2, 0.25) is 0 Å². The molecule has 0 heterocycles. The number of nitro groups is 1. The minimum atomic E-state index is -0.535. The van der Waals surface area contributed by atoms with Gasteiger partial charge in [-0.1, -0.05) is 12.1 Å². The molecule has 0 bridgehead atoms. The maximum absolute atomic E-state index is 12.1. The summed E-state index contributed by atoms with van der Waals surface area (Å²) in [6, 6.07) is 10.1. The Bertz CT molecular complexity index is 892. The molecule has 0 atom stereocenters. The van der Waals surface area contributed by atoms with E-state index >= 15 is 0 Å². The zero-order valence-corrected chi connectivity index (χ0v) is 14.4. The zero-order chi connectivity index (χ0) is 18.7. The lowest BCUT2D eigenvalue weighted by atomic mass is 10.1. The molecule has 0 aromatic heterocycles. The molecule has 7 nitrogen and oxygen atoms in total. The molecule has 0 saturated carbocycles. The number of rotatable bonds is 5. The van der Waals surface area contributed by atoms with E-state index in [9.17, 15) is 19.7 Å². The van der Waals surface area contributed by atoms with Gasteiger partial charge in [-0.25, -0.2) is 0 Å². The number of benzene rings is 2. The first-order chi connectivity index (χ1) is 12.4. The Morgan fingerprint density at radius 3 is 2.65 bits per heavy atom. The molecule has 3 rings (SSSR count). The van der Waals surface area contributed by atoms with E-state index in [1.165, 1.54) is 29.3 Å². The Hall–Kier alpha value is -3.22. The number of nitro benzene ring substituents is 1. The van der Waals surface area contributed by atoms with Gasteiger partial charge >= 0.3 is 0 Å². The number of carbonyl (C=O) groups excluding carboxylic acids is 2. The van der Waals surface area contributed by atoms with Gasteiger partial charge in [-0.15, -0.1) is 0 Å². The first-order valence-electron chi connectivity index (χ1n) is 8.39. The van der Waals surface area contributed by atoms with E-state index in [0.717, 1.165) is 19.3 Å². The van der Waals surface area contributed by atoms with Crippen LogP contribution in [0.1, 0.15) is 33.5 Å². The van der Waals surface area contributed by atoms with Gasteiger partial charge in [0.2, 0.25) is 5.91 Å². The molecule has 2 aromatic carbocycles. The topological polar surface area (TPSA) is 101 Å². The summed E-state index contributed by atoms with van der Waals surface area (Å²) < 4.78 is 0. The highest BCUT2D eigenvalue weighted by atomic mass is 16.6. The average Bonchev–Trinajstić information content (AvgIpc) is 3.07. The average molecular weight is 353 g/mol. The van der Waals surface area contributed by atoms with Gasteiger partial charge in [0.15, 0.2) is 0 Å². The minimum absolute atomic E-state index is 0.125. The van der Waals surface area contributed by atoms with Crippen molar-refractivity contribution in [1.82, 2.24) is 5.32 Å². The fraction of sp³-hybridized carbons (Fsp3) is 0.263. The van der Waals surface area contributed by atoms with Crippen LogP contribution in [0.4, 0.5) is 11.4 Å². The maximum Gasteiger partial charge on any atom is 0.273 e. The van der Waals surface area contributed by atoms with Crippen LogP contribution in [0.15, 0.2) is 36.4 Å². The van der Waals surface area contributed by atoms with Crippen LogP contribution in [-0.2, 0) is 17.6 Å². The molecule has 1 aliphatic carbocycles. The van der Waals surface area contributed by atoms with Crippen molar-refractivity contribution >= 4 is 23.2 Å². The van der Waals surface area contributed by atoms with Crippen molar-refractivity contribution in [2.24, 2.45) is 0 Å². The van der Waals surface area contributed by atoms with Crippen molar-refractivity contribution in [2.75, 3.05) is 11.9 Å². The molecule has 2 amide bonds. The summed E-state index contributed by atoms with van der Waals surface area (Å²) in [6.07, 6.45) is 3.22. The second-order valence-corrected chi connectivity index (χ2v) is 6.33. The molecule has 2 aromatic rings. The molecule has 1 aliphatic rings. The van der Waals surface area contributed by atoms with Crippen molar-refractivity contribution in [3.05, 3.63) is 68.8 Å². The Morgan fingerprint density at radius 1 is 1.12 bits per heavy atom. The fourth-order valence-corrected chi connectivity index (χ4v) is 3.06. The fourth-order valence-electron chi connectivity index (χ4n) is 3.06. The Labute approximate surface area is 150 Å². The molecule has 7 heteroatoms. The summed E-state index contributed by atoms with van der Waals surface area (Å²) in [7, 11) is 0. The molecule has 26 heavy (non-hydrogen) atoms. The number of hydrogen-bond donors (Lipinski definition) is 2. The third kappa shape index (κ3) is 3.88. The Balaban J connectivity index is 1.58. The number of nitrogens with one attached hydrogen (secondary N) is 2. The number of anilines is 1. The van der Waals surface area contributed by atoms with Crippen molar-refractivity contribution in [2.45, 2.75) is 26.2 Å². The van der Waals surface area contributed by atoms with Crippen LogP contribution in [0, 0.1) is 17.0 Å². The lowest BCUT2D eigenvalue weighted by Gasteiger charge is -2.09. The van der Waals surface area contributed by atoms with Crippen LogP contribution in [0.3, 0.4) is 0 Å². The summed E-state index contributed by atoms with van der Waals surface area (Å²) in [4.78, 5) is 34.6. The van der Waals surface area contributed by atoms with Gasteiger partial charge in [0.1, 0.15) is 0 Å². The summed E-state index contributed by atoms with van der Waals surface area (Å²) in [5.74, 6) is -0.880. The summed E-state index contributed by atoms with van der Waals surface area (Å²) in [5, 5.41) is 16.2. The lowest BCUT2D eigenvalue weighted by Crippen LogP contribution is -2.32. The van der Waals surface area contributed by atoms with Crippen molar-refractivity contribution in [3.8, 4) is 0 Å². The Kier molecular flexibility index (Phi) is 4.97. The first kappa shape index (κ1) is 17.6. The van der Waals surface area contributed by atoms with Gasteiger partial charge < -0.3 is 10.6 Å². The molecule has 0 spiro atoms. The van der Waals surface area contributed by atoms with E-state index in [0.29, 0.717) is 11.3 Å². The first-order valence-corrected chi connectivity index (χ1v) is 8.39. The van der Waals surface area contributed by atoms with Crippen molar-refractivity contribution in [1.29, 1.82) is 0 Å². The highest BCUT2D eigenvalue weighted by Gasteiger charge is 2.16. The highest BCUT2D eigenvalue weighted by Crippen LogP contribution is 2.24. The third-order valence-electron chi connectivity index (χ3n) is 4.46. The molecular weight excluding hydrogens is 334 g/mol. The van der Waals surface area contributed by atoms with Crippen LogP contribution >= 0.6 is 0 Å². The Morgan fingerprint density at radius 2 is 1.88 bits per heavy atom. The summed E-state index contributed by atoms with van der Waals surface area (Å²) >= 11 is 0. The molecule has 0 fully saturated rings. The summed E-state index contributed by atoms with van der Waals surface area (Å²) in [5.41, 5.74) is 3.76. The van der Waals surface area contributed by atoms with E-state index in [2.05, 4.69) is 10.6 Å². The second-order valence-electron chi connectivity index (χ2n) is 6.33. The molecule has 0 aliphatic heterocycles. The van der Waals surface area contributed by atoms with Crippen LogP contribution in [0.25, 0.3) is 0 Å². The SMILES string of the molecule is Cc1ccc(C(=O)NCC(=O)Nc2ccc3c(c2)CCC3)cc1[N+](=O)[O-]. The number of hydrogen-bond acceptors (Lipinski definition) is 4. The number of amides is 2. The minimum Gasteiger partial charge on any atom is -0.343 e. The monoisotopic (exact) mass is 353 g/mol. The molecule has 0 saturated heterocycles. The van der Waals surface area contributed by atoms with E-state index in [1.54, 1.807) is 6.92 Å². The lowest BCUT2D eigenvalue weighted by molar-refractivity contribution is -0.385. The van der Waals surface area contributed by atoms with E-state index in [1.807, 2.05) is 18.2 Å². The standard InChI is InChI=1S/C19H19N3O4/c1-12-5-6-15(10-17(12)22(25)26)19(24)20-11-18(23)21-16-8-7-13-3-2-4-14(13)9-16/h5-10H,2-4,11H2,1H3,(H,20,24)(H,21,23). The number of fused-ring (bicyclic) bond motifs is 1. The van der Waals surface area contributed by atoms with Crippen LogP contribution in [-0.4, -0.2) is 23.3 Å². The maximum atomic E-state index is 12.1. The van der Waals surface area contributed by atoms with Crippen LogP contribution in [0.5, 0.6) is 0 Å². The van der Waals surface area contributed by atoms with E-state index in [4.69, 9.17) is 0 Å². The number of carbonyl (C=O) groups is 2. The zero-order valence-electron chi connectivity index (χ0n) is 14.4. The van der Waals surface area contributed by atoms with Gasteiger partial charge in [-0.3, -0.25) is 19.7 Å². The van der Waals surface area contributed by atoms with Crippen LogP contribution < -0.4 is 10.6 Å². The molecule has 0 radical (unpaired) electrons. The molecule has 2 N–H and O–H groups in total. The van der Waals surface area contributed by atoms with Crippen molar-refractivity contribution in [3.63, 3.8) is 0 Å². The van der Waals surface area contributed by atoms with Gasteiger partial charge in [0.25, 0.3) is 11.6 Å². The molecular formula is C19H19N3O4. The molecule has 134 valence electrons. The highest BCUT2D eigenvalue weighted by molar-refractivity contribution is 5.99. The normalized spacial score (nSPS) is 12.3. The molecule has 0 unspecified atom stereocenters. The predicted octanol–water partition coefficient (Wildman–Crippen LogP) is 2.76. The smallest absolute Gasteiger partial charge is 0.273 e. The van der Waals surface area contributed by atoms with E-state index in [-0.39, 0.29) is 23.7 Å². The largest absolute Gasteiger partial charge is 0.343 e. The van der Waals surface area contributed by atoms with Gasteiger partial charge in [0, 0.05) is 22.9 Å². The van der Waals surface area contributed by atoms with Gasteiger partial charge in [0.05, 0.1) is 11.5 Å². The quantitative estimate of drug-likeness (QED) is 0.637. The predicted molar refractivity (Wildman–Crippen MR) is 97.3 cm³/mol. The van der Waals surface area contributed by atoms with Gasteiger partial charge in [-0.05, 0) is 55.5 Å². The van der Waals surface area contributed by atoms with Crippen molar-refractivity contribution < 1.29 is 14.5 Å². The van der Waals surface area contributed by atoms with Gasteiger partial charge in [-0.2, -0.15) is 0 Å². The number of aryl methyl sites for hydroxylation is 3. The number of nitrogens with zero attached hydrogens (tertiary/aromatic N) is 1. The second kappa shape index (κ2) is 7.35. The summed E-state index contributed by atoms with van der Waals surface area (Å²) in [6.45, 7) is 1.39. The third-order valence-corrected chi connectivity index (χ3v) is 4.46. The van der Waals surface area contributed by atoms with E-state index < -0.39 is 10.8 Å².